The first-order chi connectivity index (χ1) is 3.41. The van der Waals surface area contributed by atoms with Crippen LogP contribution in [0.3, 0.4) is 0 Å². The molecule has 0 heterocycles. The van der Waals surface area contributed by atoms with Crippen molar-refractivity contribution in [3.05, 3.63) is 0 Å². The van der Waals surface area contributed by atoms with Gasteiger partial charge < -0.3 is 0 Å². The zero-order valence-electron chi connectivity index (χ0n) is 4.81. The third-order valence-electron chi connectivity index (χ3n) is 0.866. The normalized spacial score (nSPS) is 9.43. The van der Waals surface area contributed by atoms with E-state index in [0.717, 1.165) is 29.5 Å². The van der Waals surface area contributed by atoms with Gasteiger partial charge in [0, 0.05) is 0 Å². The van der Waals surface area contributed by atoms with E-state index in [9.17, 15) is 0 Å². The maximum absolute atomic E-state index is 4.97. The molecule has 7 heavy (non-hydrogen) atoms. The maximum atomic E-state index is 4.97. The van der Waals surface area contributed by atoms with E-state index in [1.807, 2.05) is 0 Å². The SMILES string of the molecule is CCCCC[O][SnH]. The Balaban J connectivity index is 2.45. The Morgan fingerprint density at radius 2 is 2.14 bits per heavy atom. The molecule has 2 radical (unpaired) electrons. The standard InChI is InChI=1S/C5H11O.Sn.H/c1-2-3-4-5-6;;/h2-5H2,1H3;;/q-1;+1;. The molecule has 0 aliphatic carbocycles. The van der Waals surface area contributed by atoms with E-state index >= 15 is 0 Å². The second-order valence-corrected chi connectivity index (χ2v) is 2.53. The van der Waals surface area contributed by atoms with Crippen molar-refractivity contribution in [3.63, 3.8) is 0 Å². The van der Waals surface area contributed by atoms with Gasteiger partial charge in [-0.25, -0.2) is 0 Å². The molecule has 0 aromatic heterocycles. The van der Waals surface area contributed by atoms with Crippen LogP contribution in [-0.2, 0) is 3.07 Å². The van der Waals surface area contributed by atoms with Gasteiger partial charge in [0.05, 0.1) is 0 Å². The van der Waals surface area contributed by atoms with E-state index < -0.39 is 0 Å². The summed E-state index contributed by atoms with van der Waals surface area (Å²) in [6.45, 7) is 3.18. The average molecular weight is 207 g/mol. The zero-order chi connectivity index (χ0) is 5.54. The zero-order valence-corrected chi connectivity index (χ0v) is 8.11. The first-order valence-corrected chi connectivity index (χ1v) is 4.08. The van der Waals surface area contributed by atoms with Gasteiger partial charge in [-0.05, 0) is 0 Å². The summed E-state index contributed by atoms with van der Waals surface area (Å²) in [5, 5.41) is 0. The first kappa shape index (κ1) is 7.76. The van der Waals surface area contributed by atoms with Crippen LogP contribution in [0.15, 0.2) is 0 Å². The Labute approximate surface area is 59.1 Å². The molecule has 0 aromatic rings. The summed E-state index contributed by atoms with van der Waals surface area (Å²) in [4.78, 5) is 0. The molecular weight excluding hydrogens is 195 g/mol. The van der Waals surface area contributed by atoms with Gasteiger partial charge >= 0.3 is 58.8 Å². The Morgan fingerprint density at radius 1 is 1.43 bits per heavy atom. The number of hydrogen-bond acceptors (Lipinski definition) is 1. The minimum atomic E-state index is 0.960. The van der Waals surface area contributed by atoms with Gasteiger partial charge in [-0.15, -0.1) is 0 Å². The van der Waals surface area contributed by atoms with Crippen LogP contribution in [0, 0.1) is 0 Å². The van der Waals surface area contributed by atoms with E-state index in [-0.39, 0.29) is 0 Å². The molecule has 0 bridgehead atoms. The molecule has 0 aliphatic heterocycles. The predicted molar refractivity (Wildman–Crippen MR) is 32.6 cm³/mol. The molecule has 0 unspecified atom stereocenters. The summed E-state index contributed by atoms with van der Waals surface area (Å²) in [7, 11) is 0. The van der Waals surface area contributed by atoms with Gasteiger partial charge in [-0.1, -0.05) is 0 Å². The van der Waals surface area contributed by atoms with Crippen LogP contribution in [0.25, 0.3) is 0 Å². The van der Waals surface area contributed by atoms with Crippen molar-refractivity contribution in [2.24, 2.45) is 0 Å². The van der Waals surface area contributed by atoms with Crippen molar-refractivity contribution in [1.29, 1.82) is 0 Å². The molecule has 0 fully saturated rings. The van der Waals surface area contributed by atoms with Crippen LogP contribution in [0.1, 0.15) is 26.2 Å². The van der Waals surface area contributed by atoms with Crippen LogP contribution in [-0.4, -0.2) is 29.5 Å². The summed E-state index contributed by atoms with van der Waals surface area (Å²) in [5.74, 6) is 0. The topological polar surface area (TPSA) is 9.23 Å². The summed E-state index contributed by atoms with van der Waals surface area (Å²) in [6.07, 6.45) is 3.86. The van der Waals surface area contributed by atoms with Crippen LogP contribution in [0.2, 0.25) is 0 Å². The molecule has 0 spiro atoms. The second kappa shape index (κ2) is 6.76. The molecule has 0 saturated heterocycles. The predicted octanol–water partition coefficient (Wildman–Crippen LogP) is 1.01. The molecule has 0 aromatic carbocycles. The molecular formula is C5H12OSn. The van der Waals surface area contributed by atoms with E-state index in [2.05, 4.69) is 6.92 Å². The van der Waals surface area contributed by atoms with Crippen LogP contribution < -0.4 is 0 Å². The Morgan fingerprint density at radius 3 is 2.57 bits per heavy atom. The Hall–Kier alpha value is 0.759. The van der Waals surface area contributed by atoms with Crippen molar-refractivity contribution < 1.29 is 3.07 Å². The van der Waals surface area contributed by atoms with Crippen molar-refractivity contribution in [3.8, 4) is 0 Å². The Kier molecular flexibility index (Phi) is 7.49. The van der Waals surface area contributed by atoms with E-state index in [1.165, 1.54) is 19.3 Å². The molecule has 0 N–H and O–H groups in total. The quantitative estimate of drug-likeness (QED) is 0.493. The summed E-state index contributed by atoms with van der Waals surface area (Å²) in [5.41, 5.74) is 0. The summed E-state index contributed by atoms with van der Waals surface area (Å²) < 4.78 is 4.97. The second-order valence-electron chi connectivity index (χ2n) is 1.58. The summed E-state index contributed by atoms with van der Waals surface area (Å²) >= 11 is 0.960. The monoisotopic (exact) mass is 208 g/mol. The van der Waals surface area contributed by atoms with E-state index in [4.69, 9.17) is 3.07 Å². The summed E-state index contributed by atoms with van der Waals surface area (Å²) in [6, 6.07) is 0. The molecule has 42 valence electrons. The minimum absolute atomic E-state index is 0.960. The van der Waals surface area contributed by atoms with Gasteiger partial charge in [0.1, 0.15) is 0 Å². The van der Waals surface area contributed by atoms with Crippen molar-refractivity contribution in [2.75, 3.05) is 6.61 Å². The molecule has 0 amide bonds. The van der Waals surface area contributed by atoms with Gasteiger partial charge in [0.2, 0.25) is 0 Å². The fraction of sp³-hybridized carbons (Fsp3) is 1.00. The first-order valence-electron chi connectivity index (χ1n) is 2.73. The van der Waals surface area contributed by atoms with Crippen molar-refractivity contribution in [1.82, 2.24) is 0 Å². The molecule has 0 atom stereocenters. The molecule has 0 rings (SSSR count). The van der Waals surface area contributed by atoms with Gasteiger partial charge in [0.15, 0.2) is 0 Å². The molecule has 1 nitrogen and oxygen atoms in total. The molecule has 2 heteroatoms. The van der Waals surface area contributed by atoms with Crippen LogP contribution in [0.4, 0.5) is 0 Å². The fourth-order valence-corrected chi connectivity index (χ4v) is 0.911. The van der Waals surface area contributed by atoms with Crippen LogP contribution >= 0.6 is 0 Å². The number of hydrogen-bond donors (Lipinski definition) is 0. The van der Waals surface area contributed by atoms with Crippen molar-refractivity contribution in [2.45, 2.75) is 26.2 Å². The fourth-order valence-electron chi connectivity index (χ4n) is 0.435. The third-order valence-corrected chi connectivity index (χ3v) is 1.54. The van der Waals surface area contributed by atoms with E-state index in [0.29, 0.717) is 0 Å². The van der Waals surface area contributed by atoms with Gasteiger partial charge in [-0.2, -0.15) is 0 Å². The number of rotatable bonds is 4. The third kappa shape index (κ3) is 6.76. The van der Waals surface area contributed by atoms with E-state index in [1.54, 1.807) is 0 Å². The molecule has 0 aliphatic rings. The molecule has 0 saturated carbocycles. The van der Waals surface area contributed by atoms with Gasteiger partial charge in [-0.3, -0.25) is 0 Å². The Bertz CT molecular complexity index is 27.3. The number of unbranched alkanes of at least 4 members (excludes halogenated alkanes) is 2. The van der Waals surface area contributed by atoms with Crippen molar-refractivity contribution >= 4 is 22.9 Å². The average Bonchev–Trinajstić information content (AvgIpc) is 1.69. The van der Waals surface area contributed by atoms with Gasteiger partial charge in [0.25, 0.3) is 0 Å². The van der Waals surface area contributed by atoms with Crippen LogP contribution in [0.5, 0.6) is 0 Å².